The van der Waals surface area contributed by atoms with Gasteiger partial charge in [0, 0.05) is 0 Å². The third-order valence-electron chi connectivity index (χ3n) is 2.83. The molecule has 1 aromatic rings. The summed E-state index contributed by atoms with van der Waals surface area (Å²) in [6.45, 7) is 3.12. The van der Waals surface area contributed by atoms with E-state index in [1.165, 1.54) is 6.92 Å². The van der Waals surface area contributed by atoms with Crippen LogP contribution in [0, 0.1) is 0 Å². The Hall–Kier alpha value is -1.76. The Morgan fingerprint density at radius 2 is 2.00 bits per heavy atom. The van der Waals surface area contributed by atoms with Crippen LogP contribution in [0.1, 0.15) is 25.8 Å². The van der Waals surface area contributed by atoms with Crippen molar-refractivity contribution in [2.24, 2.45) is 5.73 Å². The molecule has 0 fully saturated rings. The van der Waals surface area contributed by atoms with Crippen molar-refractivity contribution in [2.75, 3.05) is 5.32 Å². The van der Waals surface area contributed by atoms with Gasteiger partial charge in [-0.1, -0.05) is 6.92 Å². The van der Waals surface area contributed by atoms with Gasteiger partial charge in [0.05, 0.1) is 16.8 Å². The summed E-state index contributed by atoms with van der Waals surface area (Å²) in [5.74, 6) is -1.11. The first-order valence-corrected chi connectivity index (χ1v) is 5.58. The largest absolute Gasteiger partial charge is 0.506 e. The normalized spacial score (nSPS) is 14.8. The third kappa shape index (κ3) is 3.60. The lowest BCUT2D eigenvalue weighted by atomic mass is 9.99. The molecule has 0 aliphatic heterocycles. The summed E-state index contributed by atoms with van der Waals surface area (Å²) < 4.78 is 37.6. The van der Waals surface area contributed by atoms with E-state index >= 15 is 0 Å². The first kappa shape index (κ1) is 15.3. The highest BCUT2D eigenvalue weighted by molar-refractivity contribution is 5.98. The lowest BCUT2D eigenvalue weighted by Gasteiger charge is -2.22. The number of rotatable bonds is 3. The number of halogens is 3. The van der Waals surface area contributed by atoms with Crippen molar-refractivity contribution in [1.82, 2.24) is 0 Å². The predicted octanol–water partition coefficient (Wildman–Crippen LogP) is 2.48. The average molecular weight is 276 g/mol. The van der Waals surface area contributed by atoms with Crippen LogP contribution in [-0.4, -0.2) is 16.6 Å². The number of phenolic OH excluding ortho intramolecular Hbond substituents is 1. The van der Waals surface area contributed by atoms with Crippen LogP contribution < -0.4 is 11.1 Å². The first-order valence-electron chi connectivity index (χ1n) is 5.58. The van der Waals surface area contributed by atoms with E-state index in [-0.39, 0.29) is 5.69 Å². The van der Waals surface area contributed by atoms with Gasteiger partial charge in [0.25, 0.3) is 0 Å². The highest BCUT2D eigenvalue weighted by Crippen LogP contribution is 2.34. The van der Waals surface area contributed by atoms with E-state index in [2.05, 4.69) is 5.32 Å². The van der Waals surface area contributed by atoms with Crippen molar-refractivity contribution in [1.29, 1.82) is 0 Å². The Kier molecular flexibility index (Phi) is 4.09. The maximum atomic E-state index is 12.5. The molecule has 1 rings (SSSR count). The summed E-state index contributed by atoms with van der Waals surface area (Å²) in [7, 11) is 0. The second-order valence-electron chi connectivity index (χ2n) is 4.45. The summed E-state index contributed by atoms with van der Waals surface area (Å²) in [6, 6.07) is 2.27. The van der Waals surface area contributed by atoms with Crippen molar-refractivity contribution in [3.8, 4) is 5.75 Å². The van der Waals surface area contributed by atoms with E-state index < -0.39 is 28.9 Å². The van der Waals surface area contributed by atoms with Gasteiger partial charge in [0.1, 0.15) is 5.75 Å². The molecule has 1 aromatic carbocycles. The van der Waals surface area contributed by atoms with Gasteiger partial charge in [-0.3, -0.25) is 4.79 Å². The summed E-state index contributed by atoms with van der Waals surface area (Å²) in [4.78, 5) is 11.7. The third-order valence-corrected chi connectivity index (χ3v) is 2.83. The Morgan fingerprint density at radius 3 is 2.47 bits per heavy atom. The van der Waals surface area contributed by atoms with Crippen LogP contribution in [0.4, 0.5) is 18.9 Å². The zero-order valence-corrected chi connectivity index (χ0v) is 10.5. The number of alkyl halides is 3. The van der Waals surface area contributed by atoms with E-state index in [1.807, 2.05) is 0 Å². The second-order valence-corrected chi connectivity index (χ2v) is 4.45. The van der Waals surface area contributed by atoms with Gasteiger partial charge < -0.3 is 16.2 Å². The van der Waals surface area contributed by atoms with Crippen LogP contribution in [0.3, 0.4) is 0 Å². The van der Waals surface area contributed by atoms with Gasteiger partial charge in [-0.25, -0.2) is 0 Å². The Balaban J connectivity index is 3.05. The van der Waals surface area contributed by atoms with Gasteiger partial charge in [-0.15, -0.1) is 0 Å². The van der Waals surface area contributed by atoms with Gasteiger partial charge in [0.15, 0.2) is 0 Å². The molecule has 0 bridgehead atoms. The molecule has 7 heteroatoms. The zero-order chi connectivity index (χ0) is 14.8. The molecule has 0 aliphatic carbocycles. The minimum atomic E-state index is -4.55. The van der Waals surface area contributed by atoms with Crippen molar-refractivity contribution in [2.45, 2.75) is 32.0 Å². The van der Waals surface area contributed by atoms with Crippen LogP contribution in [-0.2, 0) is 11.0 Å². The van der Waals surface area contributed by atoms with Gasteiger partial charge in [-0.2, -0.15) is 13.2 Å². The quantitative estimate of drug-likeness (QED) is 0.742. The molecule has 19 heavy (non-hydrogen) atoms. The lowest BCUT2D eigenvalue weighted by molar-refractivity contribution is -0.137. The summed E-state index contributed by atoms with van der Waals surface area (Å²) >= 11 is 0. The van der Waals surface area contributed by atoms with Crippen LogP contribution in [0.15, 0.2) is 18.2 Å². The van der Waals surface area contributed by atoms with Crippen molar-refractivity contribution in [3.05, 3.63) is 23.8 Å². The average Bonchev–Trinajstić information content (AvgIpc) is 2.30. The fraction of sp³-hybridized carbons (Fsp3) is 0.417. The molecule has 1 atom stereocenters. The van der Waals surface area contributed by atoms with E-state index in [4.69, 9.17) is 5.73 Å². The summed E-state index contributed by atoms with van der Waals surface area (Å²) in [5.41, 5.74) is 3.17. The van der Waals surface area contributed by atoms with Gasteiger partial charge in [0.2, 0.25) is 5.91 Å². The van der Waals surface area contributed by atoms with E-state index in [1.54, 1.807) is 6.92 Å². The Morgan fingerprint density at radius 1 is 1.42 bits per heavy atom. The Bertz CT molecular complexity index is 484. The molecule has 0 aliphatic rings. The minimum absolute atomic E-state index is 0.304. The number of aromatic hydroxyl groups is 1. The topological polar surface area (TPSA) is 75.4 Å². The highest BCUT2D eigenvalue weighted by Gasteiger charge is 2.32. The number of phenols is 1. The summed E-state index contributed by atoms with van der Waals surface area (Å²) in [5, 5.41) is 11.7. The Labute approximate surface area is 108 Å². The van der Waals surface area contributed by atoms with Crippen LogP contribution in [0.2, 0.25) is 0 Å². The van der Waals surface area contributed by atoms with Crippen LogP contribution in [0.25, 0.3) is 0 Å². The number of amides is 1. The number of hydrogen-bond donors (Lipinski definition) is 3. The number of hydrogen-bond acceptors (Lipinski definition) is 3. The molecule has 0 saturated heterocycles. The minimum Gasteiger partial charge on any atom is -0.506 e. The SMILES string of the molecule is CCC(C)(N)C(=O)Nc1cc(C(F)(F)F)ccc1O. The molecule has 0 saturated carbocycles. The zero-order valence-electron chi connectivity index (χ0n) is 10.5. The van der Waals surface area contributed by atoms with Crippen molar-refractivity contribution < 1.29 is 23.1 Å². The number of anilines is 1. The maximum absolute atomic E-state index is 12.5. The van der Waals surface area contributed by atoms with Gasteiger partial charge >= 0.3 is 6.18 Å². The molecule has 106 valence electrons. The molecule has 4 N–H and O–H groups in total. The fourth-order valence-corrected chi connectivity index (χ4v) is 1.24. The first-order chi connectivity index (χ1) is 8.58. The lowest BCUT2D eigenvalue weighted by Crippen LogP contribution is -2.47. The monoisotopic (exact) mass is 276 g/mol. The highest BCUT2D eigenvalue weighted by atomic mass is 19.4. The maximum Gasteiger partial charge on any atom is 0.416 e. The number of benzene rings is 1. The number of carbonyl (C=O) groups excluding carboxylic acids is 1. The van der Waals surface area contributed by atoms with Crippen molar-refractivity contribution >= 4 is 11.6 Å². The molecular formula is C12H15F3N2O2. The number of nitrogens with two attached hydrogens (primary N) is 1. The van der Waals surface area contributed by atoms with E-state index in [0.29, 0.717) is 12.5 Å². The summed E-state index contributed by atoms with van der Waals surface area (Å²) in [6.07, 6.45) is -4.25. The smallest absolute Gasteiger partial charge is 0.416 e. The molecule has 0 radical (unpaired) electrons. The molecule has 1 unspecified atom stereocenters. The molecule has 0 spiro atoms. The molecule has 0 aromatic heterocycles. The standard InChI is InChI=1S/C12H15F3N2O2/c1-3-11(2,16)10(19)17-8-6-7(12(13,14)15)4-5-9(8)18/h4-6,18H,3,16H2,1-2H3,(H,17,19). The number of carbonyl (C=O) groups is 1. The fourth-order valence-electron chi connectivity index (χ4n) is 1.24. The number of nitrogens with one attached hydrogen (secondary N) is 1. The predicted molar refractivity (Wildman–Crippen MR) is 64.6 cm³/mol. The second kappa shape index (κ2) is 5.08. The van der Waals surface area contributed by atoms with E-state index in [9.17, 15) is 23.1 Å². The van der Waals surface area contributed by atoms with Crippen LogP contribution >= 0.6 is 0 Å². The van der Waals surface area contributed by atoms with Crippen molar-refractivity contribution in [3.63, 3.8) is 0 Å². The molecule has 4 nitrogen and oxygen atoms in total. The molecular weight excluding hydrogens is 261 g/mol. The molecule has 1 amide bonds. The van der Waals surface area contributed by atoms with Gasteiger partial charge in [-0.05, 0) is 31.5 Å². The molecule has 0 heterocycles. The van der Waals surface area contributed by atoms with E-state index in [0.717, 1.165) is 12.1 Å². The van der Waals surface area contributed by atoms with Crippen LogP contribution in [0.5, 0.6) is 5.75 Å².